The van der Waals surface area contributed by atoms with Crippen molar-refractivity contribution in [3.63, 3.8) is 0 Å². The van der Waals surface area contributed by atoms with Crippen LogP contribution < -0.4 is 0 Å². The molecule has 2 aliphatic rings. The van der Waals surface area contributed by atoms with Crippen molar-refractivity contribution in [2.75, 3.05) is 0 Å². The van der Waals surface area contributed by atoms with Gasteiger partial charge in [-0.3, -0.25) is 0 Å². The highest BCUT2D eigenvalue weighted by atomic mass is 14.3. The maximum Gasteiger partial charge on any atom is 0 e. The first-order chi connectivity index (χ1) is 11.0. The molecule has 23 heavy (non-hydrogen) atoms. The second kappa shape index (κ2) is 7.41. The minimum atomic E-state index is 0. The third kappa shape index (κ3) is 4.20. The van der Waals surface area contributed by atoms with E-state index in [0.717, 1.165) is 23.7 Å². The van der Waals surface area contributed by atoms with Gasteiger partial charge in [-0.25, -0.2) is 0 Å². The van der Waals surface area contributed by atoms with Crippen LogP contribution in [0.15, 0.2) is 12.1 Å². The van der Waals surface area contributed by atoms with Gasteiger partial charge in [0.1, 0.15) is 0 Å². The molecule has 0 aliphatic heterocycles. The minimum Gasteiger partial charge on any atom is -0.0625 e. The van der Waals surface area contributed by atoms with E-state index in [-0.39, 0.29) is 2.85 Å². The second-order valence-electron chi connectivity index (χ2n) is 8.86. The van der Waals surface area contributed by atoms with Crippen molar-refractivity contribution in [1.29, 1.82) is 0 Å². The van der Waals surface area contributed by atoms with Crippen LogP contribution in [0.25, 0.3) is 0 Å². The van der Waals surface area contributed by atoms with Crippen LogP contribution in [0.2, 0.25) is 0 Å². The van der Waals surface area contributed by atoms with E-state index in [0.29, 0.717) is 0 Å². The predicted octanol–water partition coefficient (Wildman–Crippen LogP) is 7.59. The molecule has 2 aliphatic carbocycles. The van der Waals surface area contributed by atoms with Gasteiger partial charge in [0.15, 0.2) is 0 Å². The molecule has 0 radical (unpaired) electrons. The van der Waals surface area contributed by atoms with Crippen LogP contribution in [0, 0.1) is 38.5 Å². The Labute approximate surface area is 147 Å². The molecule has 0 bridgehead atoms. The molecule has 3 rings (SSSR count). The van der Waals surface area contributed by atoms with Gasteiger partial charge in [-0.15, -0.1) is 0 Å². The van der Waals surface area contributed by atoms with Crippen molar-refractivity contribution in [2.45, 2.75) is 91.4 Å². The van der Waals surface area contributed by atoms with Crippen LogP contribution in [0.3, 0.4) is 0 Å². The average Bonchev–Trinajstić information content (AvgIpc) is 2.55. The number of benzene rings is 1. The highest BCUT2D eigenvalue weighted by molar-refractivity contribution is 5.38. The van der Waals surface area contributed by atoms with Crippen molar-refractivity contribution >= 4 is 0 Å². The van der Waals surface area contributed by atoms with Gasteiger partial charge in [0.05, 0.1) is 0 Å². The van der Waals surface area contributed by atoms with Gasteiger partial charge in [0, 0.05) is 2.85 Å². The van der Waals surface area contributed by atoms with Crippen LogP contribution in [-0.2, 0) is 0 Å². The van der Waals surface area contributed by atoms with E-state index in [1.807, 2.05) is 0 Å². The molecule has 2 saturated carbocycles. The molecule has 0 saturated heterocycles. The van der Waals surface area contributed by atoms with Crippen LogP contribution in [0.1, 0.15) is 95.7 Å². The summed E-state index contributed by atoms with van der Waals surface area (Å²) in [7, 11) is 0. The summed E-state index contributed by atoms with van der Waals surface area (Å²) in [5.41, 5.74) is 6.07. The summed E-state index contributed by atoms with van der Waals surface area (Å²) in [6, 6.07) is 4.94. The second-order valence-corrected chi connectivity index (χ2v) is 8.86. The molecule has 1 aromatic rings. The number of hydrogen-bond donors (Lipinski definition) is 0. The van der Waals surface area contributed by atoms with Crippen LogP contribution in [0.4, 0.5) is 0 Å². The van der Waals surface area contributed by atoms with E-state index < -0.39 is 0 Å². The van der Waals surface area contributed by atoms with E-state index in [1.54, 1.807) is 5.56 Å². The van der Waals surface area contributed by atoms with Crippen molar-refractivity contribution in [2.24, 2.45) is 17.8 Å². The van der Waals surface area contributed by atoms with Crippen LogP contribution >= 0.6 is 0 Å². The first kappa shape index (κ1) is 17.1. The molecule has 0 amide bonds. The molecule has 0 spiro atoms. The zero-order chi connectivity index (χ0) is 16.4. The summed E-state index contributed by atoms with van der Waals surface area (Å²) in [6.07, 6.45) is 13.3. The van der Waals surface area contributed by atoms with Gasteiger partial charge in [-0.1, -0.05) is 44.7 Å². The maximum atomic E-state index is 2.47. The Balaban J connectivity index is 0.00000156. The maximum absolute atomic E-state index is 2.47. The predicted molar refractivity (Wildman–Crippen MR) is 105 cm³/mol. The third-order valence-electron chi connectivity index (χ3n) is 7.07. The van der Waals surface area contributed by atoms with Gasteiger partial charge in [0.25, 0.3) is 0 Å². The van der Waals surface area contributed by atoms with E-state index in [1.165, 1.54) is 74.5 Å². The molecule has 0 N–H and O–H groups in total. The molecule has 0 heterocycles. The van der Waals surface area contributed by atoms with Crippen LogP contribution in [-0.4, -0.2) is 0 Å². The average molecular weight is 317 g/mol. The summed E-state index contributed by atoms with van der Waals surface area (Å²) in [4.78, 5) is 0. The number of aryl methyl sites for hydroxylation is 2. The standard InChI is InChI=1S/C23H36.2H2/c1-16-5-7-20(8-6-16)15-21-9-11-22(12-10-21)23-13-17(2)19(4)18(3)14-23;;/h13-14,16,20-22H,5-12,15H2,1-4H3;2*1H. The van der Waals surface area contributed by atoms with Crippen LogP contribution in [0.5, 0.6) is 0 Å². The first-order valence-corrected chi connectivity index (χ1v) is 10.1. The summed E-state index contributed by atoms with van der Waals surface area (Å²) in [5.74, 6) is 3.90. The number of rotatable bonds is 3. The molecule has 2 fully saturated rings. The first-order valence-electron chi connectivity index (χ1n) is 10.1. The van der Waals surface area contributed by atoms with E-state index in [9.17, 15) is 0 Å². The molecule has 0 heteroatoms. The van der Waals surface area contributed by atoms with E-state index in [2.05, 4.69) is 39.8 Å². The molecular formula is C23H40. The SMILES string of the molecule is Cc1cc(C2CCC(CC3CCC(C)CC3)CC2)cc(C)c1C.[HH].[HH]. The van der Waals surface area contributed by atoms with Crippen molar-refractivity contribution in [3.8, 4) is 0 Å². The highest BCUT2D eigenvalue weighted by Gasteiger charge is 2.26. The zero-order valence-corrected chi connectivity index (χ0v) is 15.8. The molecular weight excluding hydrogens is 276 g/mol. The number of hydrogen-bond acceptors (Lipinski definition) is 0. The van der Waals surface area contributed by atoms with E-state index >= 15 is 0 Å². The lowest BCUT2D eigenvalue weighted by atomic mass is 9.72. The van der Waals surface area contributed by atoms with Crippen molar-refractivity contribution in [3.05, 3.63) is 34.4 Å². The normalized spacial score (nSPS) is 32.0. The lowest BCUT2D eigenvalue weighted by molar-refractivity contribution is 0.211. The monoisotopic (exact) mass is 316 g/mol. The fourth-order valence-corrected chi connectivity index (χ4v) is 5.07. The van der Waals surface area contributed by atoms with Crippen molar-refractivity contribution < 1.29 is 2.85 Å². The van der Waals surface area contributed by atoms with Gasteiger partial charge in [-0.2, -0.15) is 0 Å². The fourth-order valence-electron chi connectivity index (χ4n) is 5.07. The van der Waals surface area contributed by atoms with E-state index in [4.69, 9.17) is 0 Å². The minimum absolute atomic E-state index is 0. The molecule has 0 atom stereocenters. The van der Waals surface area contributed by atoms with Gasteiger partial charge < -0.3 is 0 Å². The van der Waals surface area contributed by atoms with Gasteiger partial charge in [-0.05, 0) is 98.8 Å². The largest absolute Gasteiger partial charge is 0.0625 e. The Morgan fingerprint density at radius 2 is 1.26 bits per heavy atom. The topological polar surface area (TPSA) is 0 Å². The summed E-state index contributed by atoms with van der Waals surface area (Å²) in [5, 5.41) is 0. The molecule has 0 nitrogen and oxygen atoms in total. The fraction of sp³-hybridized carbons (Fsp3) is 0.739. The Kier molecular flexibility index (Phi) is 5.49. The van der Waals surface area contributed by atoms with Gasteiger partial charge >= 0.3 is 0 Å². The Hall–Kier alpha value is -0.780. The molecule has 0 unspecified atom stereocenters. The lowest BCUT2D eigenvalue weighted by Gasteiger charge is -2.34. The molecule has 1 aromatic carbocycles. The third-order valence-corrected chi connectivity index (χ3v) is 7.07. The molecule has 0 aromatic heterocycles. The summed E-state index contributed by atoms with van der Waals surface area (Å²) < 4.78 is 0. The highest BCUT2D eigenvalue weighted by Crippen LogP contribution is 2.41. The zero-order valence-electron chi connectivity index (χ0n) is 15.8. The Bertz CT molecular complexity index is 498. The lowest BCUT2D eigenvalue weighted by Crippen LogP contribution is -2.19. The summed E-state index contributed by atoms with van der Waals surface area (Å²) >= 11 is 0. The Morgan fingerprint density at radius 1 is 0.783 bits per heavy atom. The molecule has 132 valence electrons. The smallest absolute Gasteiger partial charge is 0 e. The Morgan fingerprint density at radius 3 is 1.78 bits per heavy atom. The van der Waals surface area contributed by atoms with Gasteiger partial charge in [0.2, 0.25) is 0 Å². The summed E-state index contributed by atoms with van der Waals surface area (Å²) in [6.45, 7) is 9.26. The quantitative estimate of drug-likeness (QED) is 0.538. The van der Waals surface area contributed by atoms with Crippen molar-refractivity contribution in [1.82, 2.24) is 0 Å².